The van der Waals surface area contributed by atoms with E-state index in [1.54, 1.807) is 21.0 Å². The molecule has 0 aliphatic carbocycles. The SMILES string of the molecule is CCC(C)(C(=O)NCCNC(=O)N(C)C)C(N)=S. The van der Waals surface area contributed by atoms with E-state index in [9.17, 15) is 9.59 Å². The summed E-state index contributed by atoms with van der Waals surface area (Å²) in [6.45, 7) is 4.27. The van der Waals surface area contributed by atoms with Crippen LogP contribution >= 0.6 is 12.2 Å². The minimum Gasteiger partial charge on any atom is -0.392 e. The third-order valence-corrected chi connectivity index (χ3v) is 3.30. The number of hydrogen-bond acceptors (Lipinski definition) is 3. The molecule has 0 aromatic carbocycles. The Hall–Kier alpha value is -1.37. The first-order valence-corrected chi connectivity index (χ1v) is 6.20. The molecule has 6 nitrogen and oxygen atoms in total. The number of carbonyl (C=O) groups is 2. The van der Waals surface area contributed by atoms with E-state index in [2.05, 4.69) is 10.6 Å². The summed E-state index contributed by atoms with van der Waals surface area (Å²) in [7, 11) is 3.30. The van der Waals surface area contributed by atoms with E-state index in [-0.39, 0.29) is 16.9 Å². The van der Waals surface area contributed by atoms with Crippen LogP contribution in [0.4, 0.5) is 4.79 Å². The zero-order chi connectivity index (χ0) is 14.3. The van der Waals surface area contributed by atoms with Crippen LogP contribution in [0.15, 0.2) is 0 Å². The number of thiocarbonyl (C=S) groups is 1. The van der Waals surface area contributed by atoms with E-state index in [1.807, 2.05) is 6.92 Å². The molecule has 1 atom stereocenters. The number of amides is 3. The lowest BCUT2D eigenvalue weighted by Gasteiger charge is -2.25. The second-order valence-corrected chi connectivity index (χ2v) is 4.87. The first kappa shape index (κ1) is 16.6. The summed E-state index contributed by atoms with van der Waals surface area (Å²) in [6, 6.07) is -0.197. The summed E-state index contributed by atoms with van der Waals surface area (Å²) in [4.78, 5) is 24.7. The standard InChI is InChI=1S/C11H22N4O2S/c1-5-11(2,8(12)18)9(16)13-6-7-14-10(17)15(3)4/h5-7H2,1-4H3,(H2,12,18)(H,13,16)(H,14,17). The maximum atomic E-state index is 11.9. The second kappa shape index (κ2) is 7.15. The Labute approximate surface area is 113 Å². The molecule has 104 valence electrons. The van der Waals surface area contributed by atoms with Crippen LogP contribution in [0, 0.1) is 5.41 Å². The van der Waals surface area contributed by atoms with Crippen LogP contribution in [0.3, 0.4) is 0 Å². The number of hydrogen-bond donors (Lipinski definition) is 3. The van der Waals surface area contributed by atoms with Gasteiger partial charge in [-0.2, -0.15) is 0 Å². The Morgan fingerprint density at radius 1 is 1.28 bits per heavy atom. The molecule has 0 aromatic rings. The van der Waals surface area contributed by atoms with Crippen molar-refractivity contribution in [3.63, 3.8) is 0 Å². The average molecular weight is 274 g/mol. The number of carbonyl (C=O) groups excluding carboxylic acids is 2. The molecule has 0 aliphatic rings. The first-order valence-electron chi connectivity index (χ1n) is 5.79. The predicted molar refractivity (Wildman–Crippen MR) is 75.3 cm³/mol. The van der Waals surface area contributed by atoms with Crippen molar-refractivity contribution >= 4 is 29.1 Å². The number of urea groups is 1. The van der Waals surface area contributed by atoms with Crippen LogP contribution in [0.1, 0.15) is 20.3 Å². The summed E-state index contributed by atoms with van der Waals surface area (Å²) in [5.74, 6) is -0.211. The van der Waals surface area contributed by atoms with Crippen LogP contribution in [0.2, 0.25) is 0 Å². The minimum atomic E-state index is -0.832. The number of nitrogens with two attached hydrogens (primary N) is 1. The molecule has 0 spiro atoms. The van der Waals surface area contributed by atoms with Crippen LogP contribution in [-0.2, 0) is 4.79 Å². The topological polar surface area (TPSA) is 87.5 Å². The van der Waals surface area contributed by atoms with Crippen LogP contribution in [0.5, 0.6) is 0 Å². The van der Waals surface area contributed by atoms with Gasteiger partial charge in [0.2, 0.25) is 5.91 Å². The fraction of sp³-hybridized carbons (Fsp3) is 0.727. The van der Waals surface area contributed by atoms with E-state index >= 15 is 0 Å². The van der Waals surface area contributed by atoms with Gasteiger partial charge in [-0.25, -0.2) is 4.79 Å². The maximum Gasteiger partial charge on any atom is 0.316 e. The van der Waals surface area contributed by atoms with Gasteiger partial charge in [-0.15, -0.1) is 0 Å². The molecule has 7 heteroatoms. The van der Waals surface area contributed by atoms with Crippen LogP contribution < -0.4 is 16.4 Å². The van der Waals surface area contributed by atoms with Crippen molar-refractivity contribution in [1.82, 2.24) is 15.5 Å². The zero-order valence-electron chi connectivity index (χ0n) is 11.4. The van der Waals surface area contributed by atoms with Crippen molar-refractivity contribution < 1.29 is 9.59 Å². The van der Waals surface area contributed by atoms with Gasteiger partial charge in [0.25, 0.3) is 0 Å². The molecule has 18 heavy (non-hydrogen) atoms. The van der Waals surface area contributed by atoms with Gasteiger partial charge in [0.05, 0.1) is 10.4 Å². The molecule has 4 N–H and O–H groups in total. The van der Waals surface area contributed by atoms with Crippen molar-refractivity contribution in [2.24, 2.45) is 11.1 Å². The quantitative estimate of drug-likeness (QED) is 0.473. The van der Waals surface area contributed by atoms with Gasteiger partial charge in [-0.1, -0.05) is 19.1 Å². The molecule has 0 bridgehead atoms. The molecule has 1 unspecified atom stereocenters. The third kappa shape index (κ3) is 4.48. The zero-order valence-corrected chi connectivity index (χ0v) is 12.2. The fourth-order valence-corrected chi connectivity index (χ4v) is 1.38. The number of rotatable bonds is 6. The number of nitrogens with zero attached hydrogens (tertiary/aromatic N) is 1. The lowest BCUT2D eigenvalue weighted by Crippen LogP contribution is -2.48. The molecule has 0 saturated carbocycles. The molecule has 0 aromatic heterocycles. The highest BCUT2D eigenvalue weighted by Crippen LogP contribution is 2.21. The van der Waals surface area contributed by atoms with E-state index in [1.165, 1.54) is 4.90 Å². The number of nitrogens with one attached hydrogen (secondary N) is 2. The largest absolute Gasteiger partial charge is 0.392 e. The Kier molecular flexibility index (Phi) is 6.61. The van der Waals surface area contributed by atoms with E-state index in [0.717, 1.165) is 0 Å². The molecular formula is C11H22N4O2S. The maximum absolute atomic E-state index is 11.9. The Bertz CT molecular complexity index is 333. The first-order chi connectivity index (χ1) is 8.25. The predicted octanol–water partition coefficient (Wildman–Crippen LogP) is 0.0762. The molecule has 0 saturated heterocycles. The summed E-state index contributed by atoms with van der Waals surface area (Å²) in [5.41, 5.74) is 4.74. The lowest BCUT2D eigenvalue weighted by molar-refractivity contribution is -0.126. The summed E-state index contributed by atoms with van der Waals surface area (Å²) in [6.07, 6.45) is 0.540. The van der Waals surface area contributed by atoms with Gasteiger partial charge in [-0.3, -0.25) is 4.79 Å². The smallest absolute Gasteiger partial charge is 0.316 e. The Morgan fingerprint density at radius 2 is 1.78 bits per heavy atom. The molecular weight excluding hydrogens is 252 g/mol. The summed E-state index contributed by atoms with van der Waals surface area (Å²) in [5, 5.41) is 5.35. The van der Waals surface area contributed by atoms with Crippen molar-refractivity contribution in [3.8, 4) is 0 Å². The molecule has 3 amide bonds. The Balaban J connectivity index is 4.12. The van der Waals surface area contributed by atoms with E-state index in [4.69, 9.17) is 18.0 Å². The molecule has 0 heterocycles. The minimum absolute atomic E-state index is 0.180. The molecule has 0 fully saturated rings. The van der Waals surface area contributed by atoms with Crippen molar-refractivity contribution in [2.75, 3.05) is 27.2 Å². The van der Waals surface area contributed by atoms with Gasteiger partial charge in [-0.05, 0) is 13.3 Å². The normalized spacial score (nSPS) is 13.3. The summed E-state index contributed by atoms with van der Waals surface area (Å²) < 4.78 is 0. The molecule has 0 aliphatic heterocycles. The van der Waals surface area contributed by atoms with E-state index in [0.29, 0.717) is 19.5 Å². The Morgan fingerprint density at radius 3 is 2.17 bits per heavy atom. The van der Waals surface area contributed by atoms with E-state index < -0.39 is 5.41 Å². The average Bonchev–Trinajstić information content (AvgIpc) is 2.32. The van der Waals surface area contributed by atoms with Gasteiger partial charge in [0, 0.05) is 27.2 Å². The second-order valence-electron chi connectivity index (χ2n) is 4.43. The fourth-order valence-electron chi connectivity index (χ4n) is 1.15. The molecule has 0 rings (SSSR count). The van der Waals surface area contributed by atoms with Crippen LogP contribution in [-0.4, -0.2) is 49.0 Å². The highest BCUT2D eigenvalue weighted by atomic mass is 32.1. The van der Waals surface area contributed by atoms with Gasteiger partial charge < -0.3 is 21.3 Å². The van der Waals surface area contributed by atoms with Crippen molar-refractivity contribution in [1.29, 1.82) is 0 Å². The van der Waals surface area contributed by atoms with Crippen LogP contribution in [0.25, 0.3) is 0 Å². The van der Waals surface area contributed by atoms with Crippen molar-refractivity contribution in [2.45, 2.75) is 20.3 Å². The highest BCUT2D eigenvalue weighted by molar-refractivity contribution is 7.80. The van der Waals surface area contributed by atoms with Gasteiger partial charge in [0.1, 0.15) is 0 Å². The van der Waals surface area contributed by atoms with Crippen molar-refractivity contribution in [3.05, 3.63) is 0 Å². The van der Waals surface area contributed by atoms with Gasteiger partial charge in [0.15, 0.2) is 0 Å². The van der Waals surface area contributed by atoms with Gasteiger partial charge >= 0.3 is 6.03 Å². The highest BCUT2D eigenvalue weighted by Gasteiger charge is 2.34. The third-order valence-electron chi connectivity index (χ3n) is 2.85. The molecule has 0 radical (unpaired) electrons. The monoisotopic (exact) mass is 274 g/mol. The summed E-state index contributed by atoms with van der Waals surface area (Å²) >= 11 is 4.90. The lowest BCUT2D eigenvalue weighted by atomic mass is 9.86.